The van der Waals surface area contributed by atoms with Crippen molar-refractivity contribution in [3.8, 4) is 0 Å². The normalized spacial score (nSPS) is 13.0. The van der Waals surface area contributed by atoms with Gasteiger partial charge in [0.15, 0.2) is 0 Å². The highest BCUT2D eigenvalue weighted by molar-refractivity contribution is 7.90. The van der Waals surface area contributed by atoms with Crippen LogP contribution in [0.3, 0.4) is 0 Å². The van der Waals surface area contributed by atoms with Gasteiger partial charge in [-0.1, -0.05) is 79.2 Å². The number of carbonyl (C=O) groups is 2. The molecule has 1 N–H and O–H groups in total. The Hall–Kier alpha value is -3.69. The van der Waals surface area contributed by atoms with Crippen molar-refractivity contribution in [3.63, 3.8) is 0 Å². The molecule has 0 spiro atoms. The number of amides is 2. The van der Waals surface area contributed by atoms with E-state index in [1.54, 1.807) is 6.07 Å². The minimum atomic E-state index is -4.05. The molecule has 0 saturated heterocycles. The van der Waals surface area contributed by atoms with Crippen molar-refractivity contribution in [1.29, 1.82) is 0 Å². The maximum Gasteiger partial charge on any atom is 0.304 e. The number of rotatable bonds is 13. The Kier molecular flexibility index (Phi) is 11.3. The Bertz CT molecular complexity index is 1460. The minimum absolute atomic E-state index is 0.0901. The maximum atomic E-state index is 14.4. The van der Waals surface area contributed by atoms with Crippen LogP contribution in [-0.4, -0.2) is 62.2 Å². The maximum absolute atomic E-state index is 14.4. The fraction of sp³-hybridized carbons (Fsp3) is 0.394. The summed E-state index contributed by atoms with van der Waals surface area (Å²) in [6, 6.07) is 21.9. The summed E-state index contributed by atoms with van der Waals surface area (Å²) >= 11 is 0. The van der Waals surface area contributed by atoms with Crippen molar-refractivity contribution in [2.75, 3.05) is 24.9 Å². The predicted molar refractivity (Wildman–Crippen MR) is 169 cm³/mol. The third-order valence-corrected chi connectivity index (χ3v) is 9.20. The van der Waals surface area contributed by atoms with E-state index in [1.807, 2.05) is 101 Å². The number of hydrogen-bond donors (Lipinski definition) is 1. The van der Waals surface area contributed by atoms with E-state index in [1.165, 1.54) is 19.0 Å². The van der Waals surface area contributed by atoms with Crippen LogP contribution in [0.4, 0.5) is 5.69 Å². The van der Waals surface area contributed by atoms with Gasteiger partial charge in [-0.05, 0) is 62.4 Å². The number of nitrogens with one attached hydrogen (secondary N) is 1. The molecular formula is C33H44N4O4S. The van der Waals surface area contributed by atoms with Crippen LogP contribution < -0.4 is 9.62 Å². The van der Waals surface area contributed by atoms with Crippen molar-refractivity contribution >= 4 is 27.7 Å². The van der Waals surface area contributed by atoms with E-state index in [4.69, 9.17) is 0 Å². The first-order valence-corrected chi connectivity index (χ1v) is 15.7. The predicted octanol–water partition coefficient (Wildman–Crippen LogP) is 4.78. The fourth-order valence-electron chi connectivity index (χ4n) is 4.58. The molecule has 0 fully saturated rings. The Morgan fingerprint density at radius 2 is 1.48 bits per heavy atom. The average Bonchev–Trinajstić information content (AvgIpc) is 2.96. The van der Waals surface area contributed by atoms with Gasteiger partial charge >= 0.3 is 10.2 Å². The zero-order valence-electron chi connectivity index (χ0n) is 25.8. The molecule has 2 atom stereocenters. The summed E-state index contributed by atoms with van der Waals surface area (Å²) < 4.78 is 29.5. The average molecular weight is 593 g/mol. The number of benzene rings is 3. The van der Waals surface area contributed by atoms with E-state index in [9.17, 15) is 18.0 Å². The Labute approximate surface area is 251 Å². The lowest BCUT2D eigenvalue weighted by Gasteiger charge is -2.35. The molecule has 226 valence electrons. The van der Waals surface area contributed by atoms with Crippen LogP contribution in [0, 0.1) is 20.8 Å². The summed E-state index contributed by atoms with van der Waals surface area (Å²) in [7, 11) is -1.16. The van der Waals surface area contributed by atoms with E-state index in [0.29, 0.717) is 5.69 Å². The molecule has 3 aromatic carbocycles. The van der Waals surface area contributed by atoms with Crippen LogP contribution in [0.25, 0.3) is 0 Å². The van der Waals surface area contributed by atoms with Crippen LogP contribution in [0.5, 0.6) is 0 Å². The number of hydrogen-bond acceptors (Lipinski definition) is 4. The summed E-state index contributed by atoms with van der Waals surface area (Å²) in [5, 5.41) is 3.06. The second-order valence-corrected chi connectivity index (χ2v) is 13.2. The smallest absolute Gasteiger partial charge is 0.304 e. The molecule has 0 radical (unpaired) electrons. The summed E-state index contributed by atoms with van der Waals surface area (Å²) in [5.74, 6) is -0.746. The number of carbonyl (C=O) groups excluding carboxylic acids is 2. The van der Waals surface area contributed by atoms with E-state index < -0.39 is 28.7 Å². The quantitative estimate of drug-likeness (QED) is 0.309. The van der Waals surface area contributed by atoms with Crippen molar-refractivity contribution < 1.29 is 18.0 Å². The molecule has 0 aliphatic heterocycles. The second-order valence-electron chi connectivity index (χ2n) is 11.1. The highest BCUT2D eigenvalue weighted by Crippen LogP contribution is 2.26. The Balaban J connectivity index is 2.13. The van der Waals surface area contributed by atoms with Crippen LogP contribution in [0.1, 0.15) is 48.1 Å². The lowest BCUT2D eigenvalue weighted by molar-refractivity contribution is -0.140. The molecule has 0 aromatic heterocycles. The summed E-state index contributed by atoms with van der Waals surface area (Å²) in [6.07, 6.45) is 1.02. The van der Waals surface area contributed by atoms with Gasteiger partial charge in [-0.3, -0.25) is 9.59 Å². The van der Waals surface area contributed by atoms with Crippen molar-refractivity contribution in [2.24, 2.45) is 0 Å². The van der Waals surface area contributed by atoms with Crippen LogP contribution in [-0.2, 0) is 32.8 Å². The molecule has 0 saturated carbocycles. The summed E-state index contributed by atoms with van der Waals surface area (Å²) in [6.45, 7) is 9.28. The van der Waals surface area contributed by atoms with E-state index >= 15 is 0 Å². The van der Waals surface area contributed by atoms with Gasteiger partial charge in [0, 0.05) is 33.1 Å². The molecule has 3 aromatic rings. The monoisotopic (exact) mass is 592 g/mol. The second kappa shape index (κ2) is 14.5. The molecule has 2 amide bonds. The van der Waals surface area contributed by atoms with E-state index in [2.05, 4.69) is 5.32 Å². The van der Waals surface area contributed by atoms with Crippen LogP contribution in [0.15, 0.2) is 72.8 Å². The van der Waals surface area contributed by atoms with Gasteiger partial charge in [0.1, 0.15) is 12.6 Å². The number of anilines is 1. The number of nitrogens with zero attached hydrogens (tertiary/aromatic N) is 3. The van der Waals surface area contributed by atoms with Gasteiger partial charge < -0.3 is 10.2 Å². The highest BCUT2D eigenvalue weighted by Gasteiger charge is 2.35. The summed E-state index contributed by atoms with van der Waals surface area (Å²) in [4.78, 5) is 29.7. The molecular weight excluding hydrogens is 548 g/mol. The molecule has 42 heavy (non-hydrogen) atoms. The molecule has 0 heterocycles. The fourth-order valence-corrected chi connectivity index (χ4v) is 5.69. The van der Waals surface area contributed by atoms with Gasteiger partial charge in [-0.25, -0.2) is 4.31 Å². The highest BCUT2D eigenvalue weighted by atomic mass is 32.2. The van der Waals surface area contributed by atoms with Crippen LogP contribution >= 0.6 is 0 Å². The van der Waals surface area contributed by atoms with Gasteiger partial charge in [-0.2, -0.15) is 12.7 Å². The molecule has 0 bridgehead atoms. The molecule has 0 aliphatic rings. The van der Waals surface area contributed by atoms with Crippen LogP contribution in [0.2, 0.25) is 0 Å². The lowest BCUT2D eigenvalue weighted by Crippen LogP contribution is -2.55. The Morgan fingerprint density at radius 1 is 0.857 bits per heavy atom. The van der Waals surface area contributed by atoms with E-state index in [-0.39, 0.29) is 24.9 Å². The standard InChI is InChI=1S/C33H44N4O4S/c1-8-27(5)34-33(39)31(21-28-12-10-9-11-13-28)36(22-29-18-15-24(2)16-19-29)32(38)23-37(42(40,41)35(6)7)30-20-25(3)14-17-26(30)4/h9-20,27,31H,8,21-23H2,1-7H3,(H,34,39)/t27-,31-/m0/s1. The largest absolute Gasteiger partial charge is 0.352 e. The van der Waals surface area contributed by atoms with E-state index in [0.717, 1.165) is 42.8 Å². The molecule has 0 unspecified atom stereocenters. The lowest BCUT2D eigenvalue weighted by atomic mass is 10.0. The van der Waals surface area contributed by atoms with Gasteiger partial charge in [0.05, 0.1) is 5.69 Å². The first-order valence-electron chi connectivity index (χ1n) is 14.3. The Morgan fingerprint density at radius 3 is 2.07 bits per heavy atom. The molecule has 0 aliphatic carbocycles. The molecule has 9 heteroatoms. The van der Waals surface area contributed by atoms with Crippen molar-refractivity contribution in [3.05, 3.63) is 101 Å². The van der Waals surface area contributed by atoms with Gasteiger partial charge in [0.2, 0.25) is 11.8 Å². The third-order valence-electron chi connectivity index (χ3n) is 7.40. The zero-order valence-corrected chi connectivity index (χ0v) is 26.6. The minimum Gasteiger partial charge on any atom is -0.352 e. The molecule has 8 nitrogen and oxygen atoms in total. The number of aryl methyl sites for hydroxylation is 3. The first kappa shape index (κ1) is 32.8. The summed E-state index contributed by atoms with van der Waals surface area (Å²) in [5.41, 5.74) is 4.83. The van der Waals surface area contributed by atoms with Gasteiger partial charge in [0.25, 0.3) is 0 Å². The third kappa shape index (κ3) is 8.42. The first-order chi connectivity index (χ1) is 19.8. The SMILES string of the molecule is CC[C@H](C)NC(=O)[C@H](Cc1ccccc1)N(Cc1ccc(C)cc1)C(=O)CN(c1cc(C)ccc1C)S(=O)(=O)N(C)C. The van der Waals surface area contributed by atoms with Crippen molar-refractivity contribution in [2.45, 2.75) is 66.1 Å². The topological polar surface area (TPSA) is 90.0 Å². The van der Waals surface area contributed by atoms with Gasteiger partial charge in [-0.15, -0.1) is 0 Å². The zero-order chi connectivity index (χ0) is 31.0. The molecule has 3 rings (SSSR count). The van der Waals surface area contributed by atoms with Crippen molar-refractivity contribution in [1.82, 2.24) is 14.5 Å².